The second-order valence-electron chi connectivity index (χ2n) is 5.37. The van der Waals surface area contributed by atoms with Gasteiger partial charge in [-0.1, -0.05) is 42.6 Å². The van der Waals surface area contributed by atoms with E-state index in [2.05, 4.69) is 10.6 Å². The molecule has 0 radical (unpaired) electrons. The van der Waals surface area contributed by atoms with Crippen LogP contribution in [0, 0.1) is 5.92 Å². The normalized spacial score (nSPS) is 13.0. The Hall–Kier alpha value is -1.79. The fourth-order valence-electron chi connectivity index (χ4n) is 2.06. The van der Waals surface area contributed by atoms with E-state index in [9.17, 15) is 14.4 Å². The van der Waals surface area contributed by atoms with Gasteiger partial charge in [-0.25, -0.2) is 0 Å². The molecule has 0 aromatic heterocycles. The van der Waals surface area contributed by atoms with E-state index in [0.29, 0.717) is 12.8 Å². The number of benzene rings is 1. The number of carbonyl (C=O) groups excluding carboxylic acids is 2. The van der Waals surface area contributed by atoms with E-state index in [-0.39, 0.29) is 22.2 Å². The molecule has 0 aliphatic rings. The monoisotopic (exact) mass is 374 g/mol. The Morgan fingerprint density at radius 2 is 1.92 bits per heavy atom. The van der Waals surface area contributed by atoms with E-state index in [1.165, 1.54) is 13.0 Å². The number of carbonyl (C=O) groups is 3. The fourth-order valence-corrected chi connectivity index (χ4v) is 2.44. The van der Waals surface area contributed by atoms with E-state index in [4.69, 9.17) is 28.3 Å². The van der Waals surface area contributed by atoms with Gasteiger partial charge in [-0.2, -0.15) is 0 Å². The summed E-state index contributed by atoms with van der Waals surface area (Å²) in [4.78, 5) is 35.2. The van der Waals surface area contributed by atoms with Crippen molar-refractivity contribution in [1.82, 2.24) is 10.6 Å². The Morgan fingerprint density at radius 1 is 1.25 bits per heavy atom. The van der Waals surface area contributed by atoms with Crippen molar-refractivity contribution in [2.45, 2.75) is 32.7 Å². The lowest BCUT2D eigenvalue weighted by molar-refractivity contribution is -0.142. The molecule has 2 atom stereocenters. The highest BCUT2D eigenvalue weighted by Crippen LogP contribution is 2.25. The number of carboxylic acids is 1. The molecule has 0 bridgehead atoms. The second-order valence-corrected chi connectivity index (χ2v) is 6.15. The van der Waals surface area contributed by atoms with Gasteiger partial charge in [-0.15, -0.1) is 0 Å². The number of rotatable bonds is 8. The van der Waals surface area contributed by atoms with Crippen molar-refractivity contribution in [3.63, 3.8) is 0 Å². The van der Waals surface area contributed by atoms with Gasteiger partial charge < -0.3 is 15.7 Å². The molecule has 1 aromatic rings. The van der Waals surface area contributed by atoms with Crippen LogP contribution in [0.1, 0.15) is 37.0 Å². The van der Waals surface area contributed by atoms with Crippen molar-refractivity contribution in [1.29, 1.82) is 0 Å². The highest BCUT2D eigenvalue weighted by atomic mass is 35.5. The van der Waals surface area contributed by atoms with Gasteiger partial charge in [0.05, 0.1) is 21.5 Å². The summed E-state index contributed by atoms with van der Waals surface area (Å²) in [5.41, 5.74) is 0.165. The zero-order valence-electron chi connectivity index (χ0n) is 13.4. The van der Waals surface area contributed by atoms with Crippen LogP contribution < -0.4 is 10.6 Å². The molecule has 0 aliphatic heterocycles. The quantitative estimate of drug-likeness (QED) is 0.651. The van der Waals surface area contributed by atoms with Gasteiger partial charge in [0.2, 0.25) is 5.91 Å². The predicted octanol–water partition coefficient (Wildman–Crippen LogP) is 2.73. The van der Waals surface area contributed by atoms with Crippen molar-refractivity contribution in [2.24, 2.45) is 5.92 Å². The smallest absolute Gasteiger partial charge is 0.308 e. The summed E-state index contributed by atoms with van der Waals surface area (Å²) in [6, 6.07) is 3.78. The van der Waals surface area contributed by atoms with E-state index >= 15 is 0 Å². The maximum Gasteiger partial charge on any atom is 0.308 e. The molecule has 0 heterocycles. The van der Waals surface area contributed by atoms with Crippen molar-refractivity contribution in [2.75, 3.05) is 6.54 Å². The first-order chi connectivity index (χ1) is 11.3. The van der Waals surface area contributed by atoms with Crippen molar-refractivity contribution < 1.29 is 19.5 Å². The van der Waals surface area contributed by atoms with Gasteiger partial charge >= 0.3 is 5.97 Å². The zero-order valence-corrected chi connectivity index (χ0v) is 14.9. The van der Waals surface area contributed by atoms with Crippen molar-refractivity contribution in [3.05, 3.63) is 33.8 Å². The highest BCUT2D eigenvalue weighted by molar-refractivity contribution is 6.43. The van der Waals surface area contributed by atoms with Crippen LogP contribution in [0.5, 0.6) is 0 Å². The third kappa shape index (κ3) is 5.69. The predicted molar refractivity (Wildman–Crippen MR) is 92.4 cm³/mol. The van der Waals surface area contributed by atoms with E-state index in [1.54, 1.807) is 12.1 Å². The molecule has 3 N–H and O–H groups in total. The van der Waals surface area contributed by atoms with Crippen molar-refractivity contribution >= 4 is 41.0 Å². The van der Waals surface area contributed by atoms with Crippen molar-refractivity contribution in [3.8, 4) is 0 Å². The molecular formula is C16H20Cl2N2O4. The average molecular weight is 375 g/mol. The molecule has 2 unspecified atom stereocenters. The molecule has 24 heavy (non-hydrogen) atoms. The summed E-state index contributed by atoms with van der Waals surface area (Å²) >= 11 is 11.8. The number of halogens is 2. The van der Waals surface area contributed by atoms with Crippen LogP contribution >= 0.6 is 23.2 Å². The minimum absolute atomic E-state index is 0.0140. The Morgan fingerprint density at radius 3 is 2.50 bits per heavy atom. The van der Waals surface area contributed by atoms with Gasteiger partial charge in [-0.3, -0.25) is 14.4 Å². The van der Waals surface area contributed by atoms with Crippen LogP contribution in [-0.4, -0.2) is 35.5 Å². The van der Waals surface area contributed by atoms with E-state index in [0.717, 1.165) is 0 Å². The second kappa shape index (κ2) is 9.49. The number of hydrogen-bond donors (Lipinski definition) is 3. The first-order valence-corrected chi connectivity index (χ1v) is 8.28. The molecule has 132 valence electrons. The summed E-state index contributed by atoms with van der Waals surface area (Å²) < 4.78 is 0. The minimum atomic E-state index is -0.959. The van der Waals surface area contributed by atoms with E-state index < -0.39 is 29.7 Å². The molecular weight excluding hydrogens is 355 g/mol. The zero-order chi connectivity index (χ0) is 18.3. The Kier molecular flexibility index (Phi) is 8.01. The largest absolute Gasteiger partial charge is 0.481 e. The maximum atomic E-state index is 12.2. The summed E-state index contributed by atoms with van der Waals surface area (Å²) in [6.45, 7) is 3.39. The van der Waals surface area contributed by atoms with Crippen LogP contribution in [0.25, 0.3) is 0 Å². The van der Waals surface area contributed by atoms with Gasteiger partial charge in [0, 0.05) is 6.54 Å². The summed E-state index contributed by atoms with van der Waals surface area (Å²) in [6.07, 6.45) is 1.17. The highest BCUT2D eigenvalue weighted by Gasteiger charge is 2.22. The Balaban J connectivity index is 2.62. The van der Waals surface area contributed by atoms with Gasteiger partial charge in [0.15, 0.2) is 0 Å². The fraction of sp³-hybridized carbons (Fsp3) is 0.438. The first-order valence-electron chi connectivity index (χ1n) is 7.53. The number of hydrogen-bond acceptors (Lipinski definition) is 3. The molecule has 2 amide bonds. The molecule has 1 aromatic carbocycles. The standard InChI is InChI=1S/C16H20Cl2N2O4/c1-3-5-10(16(23)24)8-19-14(21)9(2)20-15(22)11-6-4-7-12(17)13(11)18/h4,6-7,9-10H,3,5,8H2,1-2H3,(H,19,21)(H,20,22)(H,23,24). The Bertz CT molecular complexity index is 622. The van der Waals surface area contributed by atoms with Crippen LogP contribution in [0.3, 0.4) is 0 Å². The molecule has 6 nitrogen and oxygen atoms in total. The lowest BCUT2D eigenvalue weighted by Crippen LogP contribution is -2.46. The summed E-state index contributed by atoms with van der Waals surface area (Å²) in [7, 11) is 0. The number of nitrogens with one attached hydrogen (secondary N) is 2. The van der Waals surface area contributed by atoms with Crippen LogP contribution in [0.15, 0.2) is 18.2 Å². The molecule has 0 fully saturated rings. The topological polar surface area (TPSA) is 95.5 Å². The molecule has 0 spiro atoms. The van der Waals surface area contributed by atoms with Gasteiger partial charge in [0.25, 0.3) is 5.91 Å². The summed E-state index contributed by atoms with van der Waals surface area (Å²) in [5.74, 6) is -2.61. The maximum absolute atomic E-state index is 12.2. The number of carboxylic acid groups (broad SMARTS) is 1. The SMILES string of the molecule is CCCC(CNC(=O)C(C)NC(=O)c1cccc(Cl)c1Cl)C(=O)O. The van der Waals surface area contributed by atoms with Crippen LogP contribution in [0.4, 0.5) is 0 Å². The molecule has 0 aliphatic carbocycles. The number of aliphatic carboxylic acids is 1. The number of amides is 2. The lowest BCUT2D eigenvalue weighted by atomic mass is 10.0. The Labute approximate surface area is 150 Å². The molecule has 0 saturated heterocycles. The van der Waals surface area contributed by atoms with Gasteiger partial charge in [0.1, 0.15) is 6.04 Å². The van der Waals surface area contributed by atoms with E-state index in [1.807, 2.05) is 6.92 Å². The first kappa shape index (κ1) is 20.3. The summed E-state index contributed by atoms with van der Waals surface area (Å²) in [5, 5.41) is 14.5. The third-order valence-electron chi connectivity index (χ3n) is 3.45. The van der Waals surface area contributed by atoms with Gasteiger partial charge in [-0.05, 0) is 25.5 Å². The molecule has 8 heteroatoms. The molecule has 0 saturated carbocycles. The lowest BCUT2D eigenvalue weighted by Gasteiger charge is -2.17. The third-order valence-corrected chi connectivity index (χ3v) is 4.27. The van der Waals surface area contributed by atoms with Crippen LogP contribution in [-0.2, 0) is 9.59 Å². The average Bonchev–Trinajstić information content (AvgIpc) is 2.53. The minimum Gasteiger partial charge on any atom is -0.481 e. The molecule has 1 rings (SSSR count). The van der Waals surface area contributed by atoms with Crippen LogP contribution in [0.2, 0.25) is 10.0 Å².